The number of benzene rings is 3. The van der Waals surface area contributed by atoms with Crippen LogP contribution in [0.1, 0.15) is 29.3 Å². The number of fused-ring (bicyclic) bond motifs is 1. The summed E-state index contributed by atoms with van der Waals surface area (Å²) in [6.07, 6.45) is 1.77. The van der Waals surface area contributed by atoms with Gasteiger partial charge in [0.1, 0.15) is 11.5 Å². The fraction of sp³-hybridized carbons (Fsp3) is 0.261. The smallest absolute Gasteiger partial charge is 0.255 e. The Morgan fingerprint density at radius 3 is 2.37 bits per heavy atom. The molecule has 0 aromatic heterocycles. The third-order valence-electron chi connectivity index (χ3n) is 4.47. The SMILES string of the molecule is CCOc1ccc(CCCNC(=O)c2cc3ccccc3cc2OC)cc1. The standard InChI is InChI=1S/C23H25NO3/c1-3-27-20-12-10-17(11-13-20)7-6-14-24-23(25)21-15-18-8-4-5-9-19(18)16-22(21)26-2/h4-5,8-13,15-16H,3,6-7,14H2,1-2H3,(H,24,25). The second kappa shape index (κ2) is 9.08. The molecular weight excluding hydrogens is 338 g/mol. The Morgan fingerprint density at radius 2 is 1.70 bits per heavy atom. The number of ether oxygens (including phenoxy) is 2. The van der Waals surface area contributed by atoms with Crippen LogP contribution >= 0.6 is 0 Å². The second-order valence-electron chi connectivity index (χ2n) is 6.34. The Hall–Kier alpha value is -3.01. The van der Waals surface area contributed by atoms with Crippen LogP contribution in [0.2, 0.25) is 0 Å². The zero-order valence-corrected chi connectivity index (χ0v) is 15.8. The quantitative estimate of drug-likeness (QED) is 0.595. The van der Waals surface area contributed by atoms with E-state index in [-0.39, 0.29) is 5.91 Å². The van der Waals surface area contributed by atoms with E-state index in [1.54, 1.807) is 7.11 Å². The van der Waals surface area contributed by atoms with Crippen LogP contribution in [-0.4, -0.2) is 26.2 Å². The molecule has 0 radical (unpaired) electrons. The van der Waals surface area contributed by atoms with Gasteiger partial charge >= 0.3 is 0 Å². The number of nitrogens with one attached hydrogen (secondary N) is 1. The average molecular weight is 363 g/mol. The molecule has 1 N–H and O–H groups in total. The van der Waals surface area contributed by atoms with Crippen molar-refractivity contribution in [1.82, 2.24) is 5.32 Å². The molecule has 0 heterocycles. The minimum absolute atomic E-state index is 0.107. The predicted octanol–water partition coefficient (Wildman–Crippen LogP) is 4.61. The predicted molar refractivity (Wildman–Crippen MR) is 109 cm³/mol. The maximum absolute atomic E-state index is 12.6. The Kier molecular flexibility index (Phi) is 6.31. The van der Waals surface area contributed by atoms with Crippen molar-refractivity contribution in [3.05, 3.63) is 71.8 Å². The van der Waals surface area contributed by atoms with E-state index in [1.807, 2.05) is 55.5 Å². The first-order chi connectivity index (χ1) is 13.2. The molecule has 3 aromatic rings. The largest absolute Gasteiger partial charge is 0.496 e. The normalized spacial score (nSPS) is 10.6. The lowest BCUT2D eigenvalue weighted by Gasteiger charge is -2.11. The third-order valence-corrected chi connectivity index (χ3v) is 4.47. The lowest BCUT2D eigenvalue weighted by Crippen LogP contribution is -2.25. The van der Waals surface area contributed by atoms with Gasteiger partial charge in [0.15, 0.2) is 0 Å². The Morgan fingerprint density at radius 1 is 1.00 bits per heavy atom. The summed E-state index contributed by atoms with van der Waals surface area (Å²) in [5, 5.41) is 5.08. The molecule has 3 rings (SSSR count). The molecule has 4 heteroatoms. The first-order valence-corrected chi connectivity index (χ1v) is 9.28. The van der Waals surface area contributed by atoms with Gasteiger partial charge < -0.3 is 14.8 Å². The Bertz CT molecular complexity index is 903. The van der Waals surface area contributed by atoms with Gasteiger partial charge in [0.25, 0.3) is 5.91 Å². The topological polar surface area (TPSA) is 47.6 Å². The fourth-order valence-corrected chi connectivity index (χ4v) is 3.07. The van der Waals surface area contributed by atoms with Gasteiger partial charge in [0, 0.05) is 6.54 Å². The molecule has 27 heavy (non-hydrogen) atoms. The molecule has 0 saturated carbocycles. The van der Waals surface area contributed by atoms with Crippen molar-refractivity contribution in [1.29, 1.82) is 0 Å². The third kappa shape index (κ3) is 4.79. The van der Waals surface area contributed by atoms with Gasteiger partial charge in [-0.15, -0.1) is 0 Å². The summed E-state index contributed by atoms with van der Waals surface area (Å²) in [5.41, 5.74) is 1.80. The highest BCUT2D eigenvalue weighted by atomic mass is 16.5. The summed E-state index contributed by atoms with van der Waals surface area (Å²) >= 11 is 0. The number of methoxy groups -OCH3 is 1. The van der Waals surface area contributed by atoms with Crippen LogP contribution in [0.15, 0.2) is 60.7 Å². The van der Waals surface area contributed by atoms with E-state index < -0.39 is 0 Å². The summed E-state index contributed by atoms with van der Waals surface area (Å²) in [7, 11) is 1.59. The van der Waals surface area contributed by atoms with Gasteiger partial charge in [-0.1, -0.05) is 36.4 Å². The average Bonchev–Trinajstić information content (AvgIpc) is 2.71. The zero-order chi connectivity index (χ0) is 19.1. The number of carbonyl (C=O) groups excluding carboxylic acids is 1. The molecule has 0 atom stereocenters. The number of carbonyl (C=O) groups is 1. The monoisotopic (exact) mass is 363 g/mol. The molecule has 0 aliphatic heterocycles. The van der Waals surface area contributed by atoms with Gasteiger partial charge in [0.2, 0.25) is 0 Å². The Balaban J connectivity index is 1.57. The summed E-state index contributed by atoms with van der Waals surface area (Å²) in [5.74, 6) is 1.37. The molecule has 4 nitrogen and oxygen atoms in total. The summed E-state index contributed by atoms with van der Waals surface area (Å²) in [6.45, 7) is 3.26. The maximum atomic E-state index is 12.6. The van der Waals surface area contributed by atoms with Crippen molar-refractivity contribution in [3.63, 3.8) is 0 Å². The molecule has 0 aliphatic rings. The number of aryl methyl sites for hydroxylation is 1. The highest BCUT2D eigenvalue weighted by molar-refractivity contribution is 6.01. The lowest BCUT2D eigenvalue weighted by molar-refractivity contribution is 0.0950. The molecule has 3 aromatic carbocycles. The summed E-state index contributed by atoms with van der Waals surface area (Å²) in [6, 6.07) is 19.8. The van der Waals surface area contributed by atoms with Crippen LogP contribution in [0, 0.1) is 0 Å². The van der Waals surface area contributed by atoms with Crippen LogP contribution in [0.4, 0.5) is 0 Å². The molecule has 0 fully saturated rings. The molecule has 0 spiro atoms. The maximum Gasteiger partial charge on any atom is 0.255 e. The second-order valence-corrected chi connectivity index (χ2v) is 6.34. The minimum atomic E-state index is -0.107. The molecule has 0 bridgehead atoms. The van der Waals surface area contributed by atoms with Gasteiger partial charge in [-0.25, -0.2) is 0 Å². The van der Waals surface area contributed by atoms with Gasteiger partial charge in [-0.2, -0.15) is 0 Å². The number of hydrogen-bond acceptors (Lipinski definition) is 3. The number of amides is 1. The van der Waals surface area contributed by atoms with Gasteiger partial charge in [-0.3, -0.25) is 4.79 Å². The number of rotatable bonds is 8. The molecule has 0 aliphatic carbocycles. The molecule has 0 unspecified atom stereocenters. The molecule has 0 saturated heterocycles. The van der Waals surface area contributed by atoms with Crippen LogP contribution < -0.4 is 14.8 Å². The first-order valence-electron chi connectivity index (χ1n) is 9.28. The van der Waals surface area contributed by atoms with Crippen molar-refractivity contribution >= 4 is 16.7 Å². The molecule has 140 valence electrons. The summed E-state index contributed by atoms with van der Waals surface area (Å²) in [4.78, 5) is 12.6. The van der Waals surface area contributed by atoms with Crippen LogP contribution in [0.25, 0.3) is 10.8 Å². The first kappa shape index (κ1) is 18.8. The van der Waals surface area contributed by atoms with Crippen LogP contribution in [-0.2, 0) is 6.42 Å². The van der Waals surface area contributed by atoms with Crippen molar-refractivity contribution in [2.75, 3.05) is 20.3 Å². The highest BCUT2D eigenvalue weighted by Gasteiger charge is 2.13. The minimum Gasteiger partial charge on any atom is -0.496 e. The lowest BCUT2D eigenvalue weighted by atomic mass is 10.1. The van der Waals surface area contributed by atoms with E-state index in [0.29, 0.717) is 24.5 Å². The van der Waals surface area contributed by atoms with Crippen LogP contribution in [0.5, 0.6) is 11.5 Å². The van der Waals surface area contributed by atoms with E-state index in [2.05, 4.69) is 17.4 Å². The van der Waals surface area contributed by atoms with Gasteiger partial charge in [-0.05, 0) is 60.4 Å². The van der Waals surface area contributed by atoms with E-state index in [1.165, 1.54) is 5.56 Å². The number of hydrogen-bond donors (Lipinski definition) is 1. The van der Waals surface area contributed by atoms with Crippen LogP contribution in [0.3, 0.4) is 0 Å². The van der Waals surface area contributed by atoms with E-state index in [9.17, 15) is 4.79 Å². The summed E-state index contributed by atoms with van der Waals surface area (Å²) < 4.78 is 10.9. The van der Waals surface area contributed by atoms with E-state index >= 15 is 0 Å². The van der Waals surface area contributed by atoms with Crippen molar-refractivity contribution in [3.8, 4) is 11.5 Å². The van der Waals surface area contributed by atoms with E-state index in [4.69, 9.17) is 9.47 Å². The van der Waals surface area contributed by atoms with Gasteiger partial charge in [0.05, 0.1) is 19.3 Å². The van der Waals surface area contributed by atoms with Crippen molar-refractivity contribution in [2.24, 2.45) is 0 Å². The fourth-order valence-electron chi connectivity index (χ4n) is 3.07. The van der Waals surface area contributed by atoms with E-state index in [0.717, 1.165) is 29.4 Å². The van der Waals surface area contributed by atoms with Crippen molar-refractivity contribution in [2.45, 2.75) is 19.8 Å². The molecule has 1 amide bonds. The van der Waals surface area contributed by atoms with Crippen molar-refractivity contribution < 1.29 is 14.3 Å². The molecular formula is C23H25NO3. The zero-order valence-electron chi connectivity index (χ0n) is 15.8. The highest BCUT2D eigenvalue weighted by Crippen LogP contribution is 2.25. The Labute approximate surface area is 160 Å².